The van der Waals surface area contributed by atoms with Crippen LogP contribution in [0, 0.1) is 0 Å². The lowest BCUT2D eigenvalue weighted by Gasteiger charge is -2.28. The fourth-order valence-electron chi connectivity index (χ4n) is 6.00. The first-order chi connectivity index (χ1) is 18.1. The smallest absolute Gasteiger partial charge is 0.308 e. The SMILES string of the molecule is CCCCCCCCC1(C)OCC(C2OC(C)(CCCCCCCC)OC2C2COC(C)(CC(=O)O)O2)O1. The summed E-state index contributed by atoms with van der Waals surface area (Å²) in [6, 6.07) is 0. The summed E-state index contributed by atoms with van der Waals surface area (Å²) >= 11 is 0. The summed E-state index contributed by atoms with van der Waals surface area (Å²) in [4.78, 5) is 11.4. The highest BCUT2D eigenvalue weighted by Crippen LogP contribution is 2.43. The lowest BCUT2D eigenvalue weighted by Crippen LogP contribution is -2.45. The van der Waals surface area contributed by atoms with Crippen molar-refractivity contribution in [1.82, 2.24) is 0 Å². The van der Waals surface area contributed by atoms with Gasteiger partial charge in [-0.1, -0.05) is 78.1 Å². The number of carboxylic acids is 1. The van der Waals surface area contributed by atoms with E-state index in [2.05, 4.69) is 13.8 Å². The van der Waals surface area contributed by atoms with Crippen molar-refractivity contribution in [1.29, 1.82) is 0 Å². The van der Waals surface area contributed by atoms with Gasteiger partial charge in [-0.15, -0.1) is 0 Å². The van der Waals surface area contributed by atoms with Crippen molar-refractivity contribution in [3.63, 3.8) is 0 Å². The Kier molecular flexibility index (Phi) is 12.3. The Hall–Kier alpha value is -0.770. The van der Waals surface area contributed by atoms with Crippen LogP contribution in [0.4, 0.5) is 0 Å². The predicted octanol–water partition coefficient (Wildman–Crippen LogP) is 6.73. The summed E-state index contributed by atoms with van der Waals surface area (Å²) in [5.74, 6) is -3.52. The van der Waals surface area contributed by atoms with Gasteiger partial charge < -0.3 is 33.5 Å². The number of rotatable bonds is 18. The van der Waals surface area contributed by atoms with Crippen LogP contribution in [0.1, 0.15) is 131 Å². The molecular formula is C30H54O8. The molecule has 0 aromatic carbocycles. The van der Waals surface area contributed by atoms with E-state index in [9.17, 15) is 9.90 Å². The molecule has 0 spiro atoms. The number of hydrogen-bond acceptors (Lipinski definition) is 7. The highest BCUT2D eigenvalue weighted by Gasteiger charge is 2.57. The summed E-state index contributed by atoms with van der Waals surface area (Å²) in [5, 5.41) is 9.31. The zero-order chi connectivity index (χ0) is 27.7. The molecule has 1 N–H and O–H groups in total. The first-order valence-electron chi connectivity index (χ1n) is 15.3. The third-order valence-corrected chi connectivity index (χ3v) is 8.18. The van der Waals surface area contributed by atoms with Crippen LogP contribution in [0.25, 0.3) is 0 Å². The zero-order valence-corrected chi connectivity index (χ0v) is 24.6. The molecule has 222 valence electrons. The van der Waals surface area contributed by atoms with E-state index in [-0.39, 0.29) is 25.2 Å². The van der Waals surface area contributed by atoms with E-state index < -0.39 is 35.5 Å². The van der Waals surface area contributed by atoms with Gasteiger partial charge in [-0.3, -0.25) is 4.79 Å². The van der Waals surface area contributed by atoms with Gasteiger partial charge in [-0.05, 0) is 33.6 Å². The quantitative estimate of drug-likeness (QED) is 0.191. The highest BCUT2D eigenvalue weighted by atomic mass is 16.8. The van der Waals surface area contributed by atoms with Crippen molar-refractivity contribution in [2.75, 3.05) is 13.2 Å². The molecule has 8 nitrogen and oxygen atoms in total. The van der Waals surface area contributed by atoms with Gasteiger partial charge >= 0.3 is 5.97 Å². The van der Waals surface area contributed by atoms with Crippen molar-refractivity contribution < 1.29 is 38.3 Å². The first-order valence-corrected chi connectivity index (χ1v) is 15.3. The van der Waals surface area contributed by atoms with E-state index in [1.54, 1.807) is 6.92 Å². The lowest BCUT2D eigenvalue weighted by atomic mass is 10.0. The van der Waals surface area contributed by atoms with Crippen LogP contribution in [0.5, 0.6) is 0 Å². The number of aliphatic carboxylic acids is 1. The van der Waals surface area contributed by atoms with Gasteiger partial charge in [0, 0.05) is 12.8 Å². The molecule has 0 aromatic rings. The Labute approximate surface area is 230 Å². The van der Waals surface area contributed by atoms with Crippen LogP contribution in [0.3, 0.4) is 0 Å². The van der Waals surface area contributed by atoms with Gasteiger partial charge in [0.05, 0.1) is 19.6 Å². The van der Waals surface area contributed by atoms with Crippen LogP contribution in [-0.2, 0) is 33.2 Å². The molecule has 8 heteroatoms. The summed E-state index contributed by atoms with van der Waals surface area (Å²) in [6.45, 7) is 10.9. The fourth-order valence-corrected chi connectivity index (χ4v) is 6.00. The monoisotopic (exact) mass is 542 g/mol. The summed E-state index contributed by atoms with van der Waals surface area (Å²) < 4.78 is 37.9. The van der Waals surface area contributed by atoms with Gasteiger partial charge in [0.25, 0.3) is 0 Å². The summed E-state index contributed by atoms with van der Waals surface area (Å²) in [6.07, 6.45) is 14.4. The van der Waals surface area contributed by atoms with Crippen molar-refractivity contribution >= 4 is 5.97 Å². The third kappa shape index (κ3) is 9.41. The van der Waals surface area contributed by atoms with Gasteiger partial charge in [-0.25, -0.2) is 0 Å². The number of carbonyl (C=O) groups is 1. The second-order valence-corrected chi connectivity index (χ2v) is 12.1. The molecule has 0 radical (unpaired) electrons. The maximum absolute atomic E-state index is 11.4. The minimum absolute atomic E-state index is 0.226. The van der Waals surface area contributed by atoms with Gasteiger partial charge in [0.15, 0.2) is 17.4 Å². The Morgan fingerprint density at radius 3 is 1.55 bits per heavy atom. The van der Waals surface area contributed by atoms with E-state index in [4.69, 9.17) is 28.4 Å². The van der Waals surface area contributed by atoms with Crippen molar-refractivity contribution in [3.8, 4) is 0 Å². The Balaban J connectivity index is 1.60. The minimum atomic E-state index is -1.18. The van der Waals surface area contributed by atoms with Crippen molar-refractivity contribution in [2.45, 2.75) is 173 Å². The molecule has 3 aliphatic rings. The number of ether oxygens (including phenoxy) is 6. The van der Waals surface area contributed by atoms with Crippen LogP contribution in [0.15, 0.2) is 0 Å². The molecule has 3 rings (SSSR count). The second-order valence-electron chi connectivity index (χ2n) is 12.1. The molecule has 0 aromatic heterocycles. The standard InChI is InChI=1S/C30H54O8/c1-6-8-10-12-14-16-18-28(3)33-21-23(35-28)26-27(24-22-34-30(5,36-24)20-25(31)32)38-29(4,37-26)19-17-15-13-11-9-7-2/h23-24,26-27H,6-22H2,1-5H3,(H,31,32). The van der Waals surface area contributed by atoms with Crippen LogP contribution >= 0.6 is 0 Å². The molecule has 7 unspecified atom stereocenters. The maximum atomic E-state index is 11.4. The fraction of sp³-hybridized carbons (Fsp3) is 0.967. The van der Waals surface area contributed by atoms with Crippen molar-refractivity contribution in [2.24, 2.45) is 0 Å². The molecule has 3 saturated heterocycles. The van der Waals surface area contributed by atoms with E-state index in [0.717, 1.165) is 32.1 Å². The van der Waals surface area contributed by atoms with Gasteiger partial charge in [-0.2, -0.15) is 0 Å². The third-order valence-electron chi connectivity index (χ3n) is 8.18. The normalized spacial score (nSPS) is 37.3. The number of carboxylic acid groups (broad SMARTS) is 1. The van der Waals surface area contributed by atoms with Crippen LogP contribution in [0.2, 0.25) is 0 Å². The van der Waals surface area contributed by atoms with Gasteiger partial charge in [0.1, 0.15) is 24.4 Å². The largest absolute Gasteiger partial charge is 0.481 e. The van der Waals surface area contributed by atoms with Crippen molar-refractivity contribution in [3.05, 3.63) is 0 Å². The molecule has 0 saturated carbocycles. The van der Waals surface area contributed by atoms with Crippen LogP contribution in [-0.4, -0.2) is 66.1 Å². The minimum Gasteiger partial charge on any atom is -0.481 e. The molecule has 7 atom stereocenters. The molecule has 3 aliphatic heterocycles. The maximum Gasteiger partial charge on any atom is 0.308 e. The average Bonchev–Trinajstić information content (AvgIpc) is 3.53. The lowest BCUT2D eigenvalue weighted by molar-refractivity contribution is -0.198. The van der Waals surface area contributed by atoms with E-state index in [1.807, 2.05) is 13.8 Å². The topological polar surface area (TPSA) is 92.7 Å². The number of unbranched alkanes of at least 4 members (excludes halogenated alkanes) is 10. The molecule has 0 aliphatic carbocycles. The van der Waals surface area contributed by atoms with Gasteiger partial charge in [0.2, 0.25) is 0 Å². The van der Waals surface area contributed by atoms with E-state index >= 15 is 0 Å². The Bertz CT molecular complexity index is 718. The molecule has 3 fully saturated rings. The molecule has 0 bridgehead atoms. The molecule has 38 heavy (non-hydrogen) atoms. The summed E-state index contributed by atoms with van der Waals surface area (Å²) in [5.41, 5.74) is 0. The van der Waals surface area contributed by atoms with E-state index in [1.165, 1.54) is 57.8 Å². The molecular weight excluding hydrogens is 488 g/mol. The Morgan fingerprint density at radius 2 is 1.05 bits per heavy atom. The first kappa shape index (κ1) is 31.8. The Morgan fingerprint density at radius 1 is 0.632 bits per heavy atom. The molecule has 3 heterocycles. The van der Waals surface area contributed by atoms with Crippen LogP contribution < -0.4 is 0 Å². The predicted molar refractivity (Wildman–Crippen MR) is 145 cm³/mol. The second kappa shape index (κ2) is 14.7. The summed E-state index contributed by atoms with van der Waals surface area (Å²) in [7, 11) is 0. The zero-order valence-electron chi connectivity index (χ0n) is 24.6. The number of hydrogen-bond donors (Lipinski definition) is 1. The van der Waals surface area contributed by atoms with E-state index in [0.29, 0.717) is 6.61 Å². The highest BCUT2D eigenvalue weighted by molar-refractivity contribution is 5.67. The molecule has 0 amide bonds. The average molecular weight is 543 g/mol.